The van der Waals surface area contributed by atoms with Crippen molar-refractivity contribution < 1.29 is 44.3 Å². The van der Waals surface area contributed by atoms with Crippen LogP contribution in [0.3, 0.4) is 0 Å². The molecule has 0 saturated heterocycles. The first-order chi connectivity index (χ1) is 28.2. The van der Waals surface area contributed by atoms with Crippen LogP contribution < -0.4 is 10.0 Å². The van der Waals surface area contributed by atoms with Gasteiger partial charge in [0.05, 0.1) is 35.9 Å². The lowest BCUT2D eigenvalue weighted by Crippen LogP contribution is -2.31. The number of aromatic nitrogens is 7. The molecular weight excluding hydrogens is 820 g/mol. The highest BCUT2D eigenvalue weighted by atomic mass is 32.2. The van der Waals surface area contributed by atoms with Crippen molar-refractivity contribution >= 4 is 26.7 Å². The molecule has 1 aliphatic carbocycles. The molecule has 2 atom stereocenters. The topological polar surface area (TPSA) is 156 Å². The molecule has 2 aromatic carbocycles. The molecular formula is C40H36F7N9O3S. The summed E-state index contributed by atoms with van der Waals surface area (Å²) in [5, 5.41) is 28.0. The second kappa shape index (κ2) is 15.5. The molecule has 4 aromatic heterocycles. The van der Waals surface area contributed by atoms with Crippen LogP contribution in [0.4, 0.5) is 36.6 Å². The Labute approximate surface area is 338 Å². The van der Waals surface area contributed by atoms with Crippen molar-refractivity contribution in [3.63, 3.8) is 0 Å². The van der Waals surface area contributed by atoms with Crippen LogP contribution in [-0.4, -0.2) is 60.4 Å². The van der Waals surface area contributed by atoms with Crippen molar-refractivity contribution in [1.82, 2.24) is 40.1 Å². The van der Waals surface area contributed by atoms with E-state index in [1.54, 1.807) is 37.4 Å². The van der Waals surface area contributed by atoms with Gasteiger partial charge < -0.3 is 10.4 Å². The standard InChI is InChI=1S/C40H36F7N9O3S/c1-5-23-18-31-35(40(45,46)47)52-56(36(31)39(23,43)44)14-13-48-32(17-22-15-24(41)19-25(42)16-22)33-28(10-9-26(51-33)11-12-38(2,3)57)29-7-6-8-30-34(29)55(4)53-37(30)54-60(58,59)27-20-49-50-21-27/h5-10,15-16,19-21,23,32,48,57H,1,13-14,17-18H2,2-4H3,(H,49,50)(H,53,54). The van der Waals surface area contributed by atoms with Gasteiger partial charge in [-0.1, -0.05) is 24.1 Å². The van der Waals surface area contributed by atoms with Crippen LogP contribution >= 0.6 is 0 Å². The summed E-state index contributed by atoms with van der Waals surface area (Å²) in [6.07, 6.45) is -2.59. The summed E-state index contributed by atoms with van der Waals surface area (Å²) in [5.41, 5.74) is -2.64. The lowest BCUT2D eigenvalue weighted by atomic mass is 9.93. The van der Waals surface area contributed by atoms with Crippen molar-refractivity contribution in [3.05, 3.63) is 119 Å². The summed E-state index contributed by atoms with van der Waals surface area (Å²) >= 11 is 0. The number of rotatable bonds is 12. The Morgan fingerprint density at radius 3 is 2.48 bits per heavy atom. The summed E-state index contributed by atoms with van der Waals surface area (Å²) < 4.78 is 133. The predicted octanol–water partition coefficient (Wildman–Crippen LogP) is 6.80. The highest BCUT2D eigenvalue weighted by Gasteiger charge is 2.54. The minimum Gasteiger partial charge on any atom is -0.378 e. The number of sulfonamides is 1. The van der Waals surface area contributed by atoms with Gasteiger partial charge in [0.1, 0.15) is 33.5 Å². The van der Waals surface area contributed by atoms with Crippen molar-refractivity contribution in [2.45, 2.75) is 61.9 Å². The number of aryl methyl sites for hydroxylation is 1. The summed E-state index contributed by atoms with van der Waals surface area (Å²) in [7, 11) is -2.55. The van der Waals surface area contributed by atoms with E-state index in [-0.39, 0.29) is 40.6 Å². The number of H-pyrrole nitrogens is 1. The highest BCUT2D eigenvalue weighted by Crippen LogP contribution is 2.50. The number of hydrogen-bond acceptors (Lipinski definition) is 8. The molecule has 1 aliphatic rings. The Bertz CT molecular complexity index is 2760. The molecule has 0 fully saturated rings. The highest BCUT2D eigenvalue weighted by molar-refractivity contribution is 7.92. The molecule has 0 radical (unpaired) electrons. The molecule has 0 saturated carbocycles. The summed E-state index contributed by atoms with van der Waals surface area (Å²) in [6, 6.07) is 9.96. The van der Waals surface area contributed by atoms with Gasteiger partial charge in [-0.3, -0.25) is 19.2 Å². The molecule has 314 valence electrons. The maximum atomic E-state index is 15.6. The molecule has 2 unspecified atom stereocenters. The number of aliphatic hydroxyl groups is 1. The lowest BCUT2D eigenvalue weighted by molar-refractivity contribution is -0.142. The molecule has 0 bridgehead atoms. The number of benzene rings is 2. The van der Waals surface area contributed by atoms with Gasteiger partial charge in [0.25, 0.3) is 15.9 Å². The van der Waals surface area contributed by atoms with E-state index in [0.29, 0.717) is 32.8 Å². The third kappa shape index (κ3) is 8.37. The largest absolute Gasteiger partial charge is 0.435 e. The van der Waals surface area contributed by atoms with Gasteiger partial charge in [-0.25, -0.2) is 22.2 Å². The Morgan fingerprint density at radius 2 is 1.83 bits per heavy atom. The molecule has 60 heavy (non-hydrogen) atoms. The normalized spacial score (nSPS) is 15.8. The smallest absolute Gasteiger partial charge is 0.378 e. The molecule has 6 aromatic rings. The van der Waals surface area contributed by atoms with Crippen LogP contribution in [0.15, 0.2) is 78.5 Å². The molecule has 4 heterocycles. The molecule has 20 heteroatoms. The Balaban J connectivity index is 1.35. The Kier molecular flexibility index (Phi) is 10.9. The summed E-state index contributed by atoms with van der Waals surface area (Å²) in [5.74, 6) is -1.62. The number of nitrogens with one attached hydrogen (secondary N) is 3. The van der Waals surface area contributed by atoms with Gasteiger partial charge in [0.15, 0.2) is 11.5 Å². The number of halogens is 7. The van der Waals surface area contributed by atoms with Gasteiger partial charge >= 0.3 is 6.18 Å². The average Bonchev–Trinajstić information content (AvgIpc) is 3.94. The second-order valence-electron chi connectivity index (χ2n) is 14.7. The quantitative estimate of drug-likeness (QED) is 0.0596. The zero-order chi connectivity index (χ0) is 43.4. The lowest BCUT2D eigenvalue weighted by Gasteiger charge is -2.23. The third-order valence-electron chi connectivity index (χ3n) is 9.81. The third-order valence-corrected chi connectivity index (χ3v) is 11.1. The van der Waals surface area contributed by atoms with Crippen LogP contribution in [0.2, 0.25) is 0 Å². The summed E-state index contributed by atoms with van der Waals surface area (Å²) in [4.78, 5) is 4.66. The Morgan fingerprint density at radius 1 is 1.10 bits per heavy atom. The van der Waals surface area contributed by atoms with E-state index in [1.807, 2.05) is 0 Å². The van der Waals surface area contributed by atoms with Gasteiger partial charge in [0, 0.05) is 47.9 Å². The molecule has 12 nitrogen and oxygen atoms in total. The van der Waals surface area contributed by atoms with Crippen molar-refractivity contribution in [2.75, 3.05) is 11.3 Å². The average molecular weight is 856 g/mol. The van der Waals surface area contributed by atoms with Crippen molar-refractivity contribution in [3.8, 4) is 23.0 Å². The minimum atomic E-state index is -5.02. The van der Waals surface area contributed by atoms with Crippen LogP contribution in [-0.2, 0) is 48.6 Å². The van der Waals surface area contributed by atoms with Crippen molar-refractivity contribution in [2.24, 2.45) is 13.0 Å². The number of fused-ring (bicyclic) bond motifs is 2. The van der Waals surface area contributed by atoms with Gasteiger partial charge in [-0.15, -0.1) is 6.58 Å². The zero-order valence-corrected chi connectivity index (χ0v) is 32.9. The SMILES string of the molecule is C=CC1Cc2c(C(F)(F)F)nn(CCNC(Cc3cc(F)cc(F)c3)c3nc(C#CC(C)(C)O)ccc3-c3cccc4c(NS(=O)(=O)c5cn[nH]c5)nn(C)c34)c2C1(F)F. The second-order valence-corrected chi connectivity index (χ2v) is 16.4. The molecule has 0 amide bonds. The van der Waals surface area contributed by atoms with E-state index < -0.39 is 81.2 Å². The van der Waals surface area contributed by atoms with E-state index in [2.05, 4.69) is 48.9 Å². The fraction of sp³-hybridized carbons (Fsp3) is 0.300. The number of para-hydroxylation sites is 1. The number of hydrogen-bond donors (Lipinski definition) is 4. The van der Waals surface area contributed by atoms with E-state index in [9.17, 15) is 35.5 Å². The number of anilines is 1. The first-order valence-corrected chi connectivity index (χ1v) is 19.7. The van der Waals surface area contributed by atoms with Gasteiger partial charge in [-0.2, -0.15) is 37.2 Å². The first-order valence-electron chi connectivity index (χ1n) is 18.3. The first kappa shape index (κ1) is 42.1. The van der Waals surface area contributed by atoms with Gasteiger partial charge in [0.2, 0.25) is 0 Å². The van der Waals surface area contributed by atoms with Crippen molar-refractivity contribution in [1.29, 1.82) is 0 Å². The molecule has 0 aliphatic heterocycles. The number of alkyl halides is 5. The fourth-order valence-corrected chi connectivity index (χ4v) is 8.16. The van der Waals surface area contributed by atoms with Crippen LogP contribution in [0.1, 0.15) is 53.8 Å². The van der Waals surface area contributed by atoms with E-state index in [4.69, 9.17) is 4.98 Å². The van der Waals surface area contributed by atoms with E-state index in [0.717, 1.165) is 24.4 Å². The summed E-state index contributed by atoms with van der Waals surface area (Å²) in [6.45, 7) is 5.51. The number of allylic oxidation sites excluding steroid dienone is 1. The number of aromatic amines is 1. The maximum Gasteiger partial charge on any atom is 0.435 e. The Hall–Kier alpha value is -6.04. The zero-order valence-electron chi connectivity index (χ0n) is 32.0. The number of nitrogens with zero attached hydrogens (tertiary/aromatic N) is 6. The van der Waals surface area contributed by atoms with Crippen LogP contribution in [0, 0.1) is 29.4 Å². The van der Waals surface area contributed by atoms with E-state index in [1.165, 1.54) is 24.7 Å². The minimum absolute atomic E-state index is 0.0249. The molecule has 7 rings (SSSR count). The predicted molar refractivity (Wildman–Crippen MR) is 206 cm³/mol. The maximum absolute atomic E-state index is 15.6. The fourth-order valence-electron chi connectivity index (χ4n) is 7.24. The van der Waals surface area contributed by atoms with Crippen LogP contribution in [0.5, 0.6) is 0 Å². The number of pyridine rings is 1. The van der Waals surface area contributed by atoms with E-state index >= 15 is 8.78 Å². The molecule has 0 spiro atoms. The van der Waals surface area contributed by atoms with Gasteiger partial charge in [-0.05, 0) is 68.5 Å². The molecule has 4 N–H and O–H groups in total. The van der Waals surface area contributed by atoms with Crippen LogP contribution in [0.25, 0.3) is 22.0 Å². The monoisotopic (exact) mass is 855 g/mol.